The molecule has 0 saturated heterocycles. The van der Waals surface area contributed by atoms with Gasteiger partial charge in [0, 0.05) is 50.7 Å². The Hall–Kier alpha value is -3.75. The van der Waals surface area contributed by atoms with Crippen molar-refractivity contribution < 1.29 is 66.7 Å². The lowest BCUT2D eigenvalue weighted by molar-refractivity contribution is -0.148. The maximum absolute atomic E-state index is 10.7. The lowest BCUT2D eigenvalue weighted by Crippen LogP contribution is -2.29. The topological polar surface area (TPSA) is 196 Å². The van der Waals surface area contributed by atoms with E-state index in [1.165, 1.54) is 0 Å². The molecule has 0 heterocycles. The van der Waals surface area contributed by atoms with Crippen molar-refractivity contribution in [1.82, 2.24) is 5.32 Å². The summed E-state index contributed by atoms with van der Waals surface area (Å²) in [6, 6.07) is 0.280. The molecular weight excluding hydrogens is 935 g/mol. The Morgan fingerprint density at radius 1 is 0.397 bits per heavy atom. The van der Waals surface area contributed by atoms with Crippen LogP contribution in [0.4, 0.5) is 4.79 Å². The first-order chi connectivity index (χ1) is 30.0. The minimum Gasteiger partial charge on any atom is -0.466 e. The molecule has 0 atom stereocenters. The number of ether oxygens (including phenoxy) is 7. The van der Waals surface area contributed by atoms with E-state index in [9.17, 15) is 33.6 Å². The molecule has 0 aliphatic heterocycles. The summed E-state index contributed by atoms with van der Waals surface area (Å²) in [5.74, 6) is 0.731. The van der Waals surface area contributed by atoms with E-state index in [2.05, 4.69) is 19.5 Å². The van der Waals surface area contributed by atoms with Crippen LogP contribution in [0.1, 0.15) is 271 Å². The van der Waals surface area contributed by atoms with Crippen molar-refractivity contribution in [3.8, 4) is 0 Å². The zero-order valence-corrected chi connectivity index (χ0v) is 46.1. The van der Waals surface area contributed by atoms with Gasteiger partial charge in [0.05, 0.1) is 50.2 Å². The average Bonchev–Trinajstić information content (AvgIpc) is 3.15. The maximum atomic E-state index is 10.7. The van der Waals surface area contributed by atoms with Crippen LogP contribution in [0.15, 0.2) is 0 Å². The molecule has 0 saturated carbocycles. The molecule has 1 amide bonds. The molecule has 0 bridgehead atoms. The number of nitrogens with one attached hydrogen (secondary N) is 1. The highest BCUT2D eigenvalue weighted by atomic mass is 16.7. The van der Waals surface area contributed by atoms with E-state index in [1.54, 1.807) is 34.6 Å². The van der Waals surface area contributed by atoms with E-state index in [0.29, 0.717) is 63.3 Å². The fourth-order valence-electron chi connectivity index (χ4n) is 3.37. The number of amides is 1. The third-order valence-corrected chi connectivity index (χ3v) is 6.12. The van der Waals surface area contributed by atoms with Crippen LogP contribution < -0.4 is 5.32 Å². The second kappa shape index (κ2) is 85.0. The summed E-state index contributed by atoms with van der Waals surface area (Å²) in [6.07, 6.45) is 4.50. The minimum absolute atomic E-state index is 0. The number of hydrogen-bond acceptors (Lipinski definition) is 14. The van der Waals surface area contributed by atoms with Gasteiger partial charge in [-0.05, 0) is 116 Å². The predicted molar refractivity (Wildman–Crippen MR) is 317 cm³/mol. The SMILES string of the molecule is C.C.C.C.C.C.C.C.CCC(=O)NC(C)C.CCC(=O)OC(C)C.CCCC(=O)C(C)C.CCCC(=O)OC(C)C.CCOC(=O)C(C)C.CCOC(=O)CC(C)C.CCOC(=O)OC(C)C.CCOC(C)C. The van der Waals surface area contributed by atoms with Crippen LogP contribution >= 0.6 is 0 Å². The standard InChI is InChI=1S/2C7H14O2.C7H14O.C6H13NO.C6H12O3.2C6H12O2.C5H12O.8CH4/c1-4-9-7(8)5-6(2)3;1-4-5-7(8)9-6(2)3;1-4-5-7(8)6(2)3;1-4-6(8)7-5(2)3;1-4-8-6(7)9-5(2)3;1-4-8-6(7)5(2)3;1-4-6(7)8-5(2)3;1-4-6-5(2)3;;;;;;;;/h2*6H,4-5H2,1-3H3;6H,4-5H2,1-3H3;5H,4H2,1-3H3,(H,7,8);5H,4H2,1-3H3;2*5H,4H2,1-3H3;5H,4H2,1-3H3;8*1H4. The zero-order chi connectivity index (χ0) is 53.1. The lowest BCUT2D eigenvalue weighted by Gasteiger charge is -2.05. The Morgan fingerprint density at radius 2 is 0.781 bits per heavy atom. The van der Waals surface area contributed by atoms with Crippen molar-refractivity contribution in [3.63, 3.8) is 0 Å². The Labute approximate surface area is 457 Å². The number of ketones is 1. The van der Waals surface area contributed by atoms with Gasteiger partial charge in [-0.2, -0.15) is 0 Å². The Morgan fingerprint density at radius 3 is 0.959 bits per heavy atom. The van der Waals surface area contributed by atoms with Crippen LogP contribution in [0.3, 0.4) is 0 Å². The molecule has 15 nitrogen and oxygen atoms in total. The summed E-state index contributed by atoms with van der Waals surface area (Å²) in [7, 11) is 0. The third-order valence-electron chi connectivity index (χ3n) is 6.12. The molecule has 1 N–H and O–H groups in total. The number of hydrogen-bond donors (Lipinski definition) is 1. The van der Waals surface area contributed by atoms with Gasteiger partial charge in [0.1, 0.15) is 5.78 Å². The largest absolute Gasteiger partial charge is 0.508 e. The number of carbonyl (C=O) groups excluding carboxylic acids is 7. The maximum Gasteiger partial charge on any atom is 0.508 e. The molecule has 15 heteroatoms. The van der Waals surface area contributed by atoms with Crippen LogP contribution in [0.5, 0.6) is 0 Å². The molecule has 0 spiro atoms. The Kier molecular flexibility index (Phi) is 133. The Balaban J connectivity index is -0.0000000358. The summed E-state index contributed by atoms with van der Waals surface area (Å²) >= 11 is 0. The summed E-state index contributed by atoms with van der Waals surface area (Å²) in [6.45, 7) is 47.6. The molecule has 0 radical (unpaired) electrons. The minimum atomic E-state index is -0.590. The summed E-state index contributed by atoms with van der Waals surface area (Å²) in [4.78, 5) is 73.8. The first kappa shape index (κ1) is 114. The number of rotatable bonds is 19. The quantitative estimate of drug-likeness (QED) is 0.0947. The first-order valence-electron chi connectivity index (χ1n) is 23.9. The van der Waals surface area contributed by atoms with Gasteiger partial charge in [0.25, 0.3) is 0 Å². The molecule has 0 fully saturated rings. The summed E-state index contributed by atoms with van der Waals surface area (Å²) in [5, 5.41) is 2.75. The second-order valence-corrected chi connectivity index (χ2v) is 16.3. The van der Waals surface area contributed by atoms with Gasteiger partial charge in [0.2, 0.25) is 5.91 Å². The van der Waals surface area contributed by atoms with Crippen molar-refractivity contribution in [1.29, 1.82) is 0 Å². The van der Waals surface area contributed by atoms with E-state index >= 15 is 0 Å². The van der Waals surface area contributed by atoms with Crippen LogP contribution in [-0.2, 0) is 61.9 Å². The molecule has 0 aromatic carbocycles. The highest BCUT2D eigenvalue weighted by Crippen LogP contribution is 2.01. The molecule has 0 aliphatic carbocycles. The molecule has 0 unspecified atom stereocenters. The third kappa shape index (κ3) is 140. The second-order valence-electron chi connectivity index (χ2n) is 16.3. The normalized spacial score (nSPS) is 8.60. The van der Waals surface area contributed by atoms with Gasteiger partial charge in [-0.3, -0.25) is 28.8 Å². The molecule has 0 aliphatic rings. The van der Waals surface area contributed by atoms with E-state index in [4.69, 9.17) is 18.9 Å². The van der Waals surface area contributed by atoms with E-state index in [1.807, 2.05) is 132 Å². The Bertz CT molecular complexity index is 1000. The summed E-state index contributed by atoms with van der Waals surface area (Å²) < 4.78 is 33.2. The predicted octanol–water partition coefficient (Wildman–Crippen LogP) is 16.9. The van der Waals surface area contributed by atoms with Crippen LogP contribution in [0.2, 0.25) is 0 Å². The molecule has 456 valence electrons. The van der Waals surface area contributed by atoms with Gasteiger partial charge < -0.3 is 38.5 Å². The van der Waals surface area contributed by atoms with E-state index < -0.39 is 6.16 Å². The van der Waals surface area contributed by atoms with Gasteiger partial charge in [-0.15, -0.1) is 0 Å². The fourth-order valence-corrected chi connectivity index (χ4v) is 3.37. The number of carbonyl (C=O) groups is 7. The van der Waals surface area contributed by atoms with Crippen LogP contribution in [-0.4, -0.2) is 98.6 Å². The highest BCUT2D eigenvalue weighted by Gasteiger charge is 2.06. The van der Waals surface area contributed by atoms with Crippen molar-refractivity contribution in [2.45, 2.75) is 301 Å². The lowest BCUT2D eigenvalue weighted by atomic mass is 10.1. The van der Waals surface area contributed by atoms with Crippen molar-refractivity contribution in [2.24, 2.45) is 17.8 Å². The van der Waals surface area contributed by atoms with Gasteiger partial charge in [-0.25, -0.2) is 4.79 Å². The monoisotopic (exact) mass is 1070 g/mol. The number of Topliss-reactive ketones (excluding diaryl/α,β-unsaturated/α-hetero) is 1. The molecular formula is C58H135NO14. The van der Waals surface area contributed by atoms with Crippen LogP contribution in [0.25, 0.3) is 0 Å². The molecule has 0 aromatic rings. The van der Waals surface area contributed by atoms with Crippen molar-refractivity contribution in [2.75, 3.05) is 26.4 Å². The smallest absolute Gasteiger partial charge is 0.466 e. The number of esters is 4. The van der Waals surface area contributed by atoms with Gasteiger partial charge >= 0.3 is 30.0 Å². The van der Waals surface area contributed by atoms with Crippen LogP contribution in [0, 0.1) is 17.8 Å². The molecule has 0 rings (SSSR count). The van der Waals surface area contributed by atoms with Crippen molar-refractivity contribution >= 4 is 41.7 Å². The van der Waals surface area contributed by atoms with Gasteiger partial charge in [0.15, 0.2) is 0 Å². The van der Waals surface area contributed by atoms with Gasteiger partial charge in [-0.1, -0.05) is 129 Å². The summed E-state index contributed by atoms with van der Waals surface area (Å²) in [5.41, 5.74) is 0. The molecule has 73 heavy (non-hydrogen) atoms. The average molecular weight is 1070 g/mol. The first-order valence-corrected chi connectivity index (χ1v) is 23.9. The highest BCUT2D eigenvalue weighted by molar-refractivity contribution is 5.80. The van der Waals surface area contributed by atoms with E-state index in [0.717, 1.165) is 25.9 Å². The zero-order valence-electron chi connectivity index (χ0n) is 46.1. The van der Waals surface area contributed by atoms with Crippen molar-refractivity contribution in [3.05, 3.63) is 0 Å². The fraction of sp³-hybridized carbons (Fsp3) is 0.879. The molecule has 0 aromatic heterocycles. The van der Waals surface area contributed by atoms with E-state index in [-0.39, 0.29) is 125 Å².